The standard InChI is InChI=1S/C8H3Cl2F3O2/c9-3-1-5-6(2-4(3)10)15-8(12,13)7(11)14-5/h1-2,7H/t7-/m1/s1. The molecule has 0 unspecified atom stereocenters. The van der Waals surface area contributed by atoms with Crippen LogP contribution in [0.15, 0.2) is 12.1 Å². The van der Waals surface area contributed by atoms with Crippen LogP contribution >= 0.6 is 23.2 Å². The van der Waals surface area contributed by atoms with E-state index in [4.69, 9.17) is 23.2 Å². The minimum atomic E-state index is -4.02. The van der Waals surface area contributed by atoms with Crippen molar-refractivity contribution in [3.63, 3.8) is 0 Å². The van der Waals surface area contributed by atoms with Gasteiger partial charge in [0.05, 0.1) is 10.0 Å². The van der Waals surface area contributed by atoms with Gasteiger partial charge in [0, 0.05) is 12.1 Å². The Morgan fingerprint density at radius 2 is 1.67 bits per heavy atom. The zero-order valence-electron chi connectivity index (χ0n) is 6.94. The van der Waals surface area contributed by atoms with Crippen molar-refractivity contribution in [3.8, 4) is 11.5 Å². The highest BCUT2D eigenvalue weighted by molar-refractivity contribution is 6.42. The van der Waals surface area contributed by atoms with Gasteiger partial charge in [0.2, 0.25) is 0 Å². The van der Waals surface area contributed by atoms with Gasteiger partial charge in [0.25, 0.3) is 0 Å². The molecule has 1 aliphatic rings. The molecule has 1 aromatic rings. The van der Waals surface area contributed by atoms with Gasteiger partial charge in [-0.1, -0.05) is 23.2 Å². The molecule has 1 heterocycles. The van der Waals surface area contributed by atoms with Crippen LogP contribution in [0.4, 0.5) is 13.2 Å². The fourth-order valence-electron chi connectivity index (χ4n) is 1.06. The molecule has 0 fully saturated rings. The summed E-state index contributed by atoms with van der Waals surface area (Å²) in [5.41, 5.74) is 0. The van der Waals surface area contributed by atoms with Crippen molar-refractivity contribution < 1.29 is 22.6 Å². The number of halogens is 5. The molecule has 2 nitrogen and oxygen atoms in total. The van der Waals surface area contributed by atoms with E-state index in [1.165, 1.54) is 0 Å². The monoisotopic (exact) mass is 258 g/mol. The molecule has 0 saturated heterocycles. The predicted molar refractivity (Wildman–Crippen MR) is 47.6 cm³/mol. The van der Waals surface area contributed by atoms with Gasteiger partial charge >= 0.3 is 12.5 Å². The van der Waals surface area contributed by atoms with Crippen molar-refractivity contribution >= 4 is 23.2 Å². The summed E-state index contributed by atoms with van der Waals surface area (Å²) >= 11 is 11.2. The van der Waals surface area contributed by atoms with Gasteiger partial charge < -0.3 is 9.47 Å². The maximum atomic E-state index is 12.7. The number of benzene rings is 1. The van der Waals surface area contributed by atoms with E-state index < -0.39 is 12.5 Å². The summed E-state index contributed by atoms with van der Waals surface area (Å²) < 4.78 is 46.5. The molecule has 0 radical (unpaired) electrons. The van der Waals surface area contributed by atoms with E-state index in [0.29, 0.717) is 0 Å². The van der Waals surface area contributed by atoms with E-state index in [0.717, 1.165) is 12.1 Å². The van der Waals surface area contributed by atoms with Crippen LogP contribution in [0.25, 0.3) is 0 Å². The first-order valence-corrected chi connectivity index (χ1v) is 4.52. The van der Waals surface area contributed by atoms with Gasteiger partial charge in [-0.3, -0.25) is 0 Å². The average Bonchev–Trinajstić information content (AvgIpc) is 2.11. The molecule has 0 saturated carbocycles. The molecule has 0 amide bonds. The normalized spacial score (nSPS) is 22.6. The van der Waals surface area contributed by atoms with Gasteiger partial charge in [-0.05, 0) is 0 Å². The molecule has 0 N–H and O–H groups in total. The second-order valence-electron chi connectivity index (χ2n) is 2.81. The lowest BCUT2D eigenvalue weighted by molar-refractivity contribution is -0.281. The molecule has 2 rings (SSSR count). The van der Waals surface area contributed by atoms with Crippen molar-refractivity contribution in [2.75, 3.05) is 0 Å². The Labute approximate surface area is 92.5 Å². The lowest BCUT2D eigenvalue weighted by Crippen LogP contribution is -2.43. The smallest absolute Gasteiger partial charge is 0.447 e. The molecule has 1 atom stereocenters. The topological polar surface area (TPSA) is 18.5 Å². The van der Waals surface area contributed by atoms with Crippen LogP contribution in [0.5, 0.6) is 11.5 Å². The average molecular weight is 259 g/mol. The van der Waals surface area contributed by atoms with E-state index in [2.05, 4.69) is 9.47 Å². The first-order valence-electron chi connectivity index (χ1n) is 3.77. The highest BCUT2D eigenvalue weighted by atomic mass is 35.5. The minimum Gasteiger partial charge on any atom is -0.447 e. The van der Waals surface area contributed by atoms with Crippen LogP contribution in [-0.2, 0) is 0 Å². The van der Waals surface area contributed by atoms with E-state index in [1.54, 1.807) is 0 Å². The Morgan fingerprint density at radius 3 is 2.27 bits per heavy atom. The summed E-state index contributed by atoms with van der Waals surface area (Å²) in [7, 11) is 0. The molecule has 0 aliphatic carbocycles. The van der Waals surface area contributed by atoms with Crippen LogP contribution in [0.3, 0.4) is 0 Å². The number of hydrogen-bond donors (Lipinski definition) is 0. The molecule has 0 bridgehead atoms. The first-order chi connectivity index (χ1) is 6.90. The third-order valence-electron chi connectivity index (χ3n) is 1.73. The lowest BCUT2D eigenvalue weighted by Gasteiger charge is -2.28. The highest BCUT2D eigenvalue weighted by Gasteiger charge is 2.49. The molecule has 15 heavy (non-hydrogen) atoms. The molecule has 0 aromatic heterocycles. The van der Waals surface area contributed by atoms with Crippen LogP contribution < -0.4 is 9.47 Å². The Morgan fingerprint density at radius 1 is 1.13 bits per heavy atom. The second-order valence-corrected chi connectivity index (χ2v) is 3.63. The summed E-state index contributed by atoms with van der Waals surface area (Å²) in [5, 5.41) is 0.0866. The van der Waals surface area contributed by atoms with Crippen molar-refractivity contribution in [1.29, 1.82) is 0 Å². The van der Waals surface area contributed by atoms with Crippen LogP contribution in [-0.4, -0.2) is 12.5 Å². The largest absolute Gasteiger partial charge is 0.468 e. The maximum absolute atomic E-state index is 12.7. The molecule has 1 aliphatic heterocycles. The molecule has 0 spiro atoms. The summed E-state index contributed by atoms with van der Waals surface area (Å²) in [4.78, 5) is 0. The Balaban J connectivity index is 2.46. The fraction of sp³-hybridized carbons (Fsp3) is 0.250. The van der Waals surface area contributed by atoms with Gasteiger partial charge in [-0.2, -0.15) is 13.2 Å². The summed E-state index contributed by atoms with van der Waals surface area (Å²) in [5.74, 6) is -0.550. The van der Waals surface area contributed by atoms with Crippen LogP contribution in [0, 0.1) is 0 Å². The molecular weight excluding hydrogens is 256 g/mol. The van der Waals surface area contributed by atoms with Crippen molar-refractivity contribution in [2.45, 2.75) is 12.5 Å². The molecule has 7 heteroatoms. The lowest BCUT2D eigenvalue weighted by atomic mass is 10.3. The number of fused-ring (bicyclic) bond motifs is 1. The first kappa shape index (κ1) is 10.7. The highest BCUT2D eigenvalue weighted by Crippen LogP contribution is 2.44. The summed E-state index contributed by atoms with van der Waals surface area (Å²) in [6.07, 6.45) is -6.88. The van der Waals surface area contributed by atoms with E-state index in [1.807, 2.05) is 0 Å². The van der Waals surface area contributed by atoms with Crippen molar-refractivity contribution in [1.82, 2.24) is 0 Å². The zero-order chi connectivity index (χ0) is 11.2. The zero-order valence-corrected chi connectivity index (χ0v) is 8.45. The Kier molecular flexibility index (Phi) is 2.39. The summed E-state index contributed by atoms with van der Waals surface area (Å²) in [6.45, 7) is 0. The molecule has 82 valence electrons. The Bertz CT molecular complexity index is 411. The van der Waals surface area contributed by atoms with Crippen molar-refractivity contribution in [3.05, 3.63) is 22.2 Å². The number of hydrogen-bond acceptors (Lipinski definition) is 2. The molecular formula is C8H3Cl2F3O2. The van der Waals surface area contributed by atoms with E-state index in [-0.39, 0.29) is 21.5 Å². The van der Waals surface area contributed by atoms with Gasteiger partial charge in [-0.25, -0.2) is 0 Å². The fourth-order valence-corrected chi connectivity index (χ4v) is 1.36. The third kappa shape index (κ3) is 1.81. The van der Waals surface area contributed by atoms with Crippen molar-refractivity contribution in [2.24, 2.45) is 0 Å². The maximum Gasteiger partial charge on any atom is 0.468 e. The van der Waals surface area contributed by atoms with Crippen LogP contribution in [0.1, 0.15) is 0 Å². The second kappa shape index (κ2) is 3.35. The number of ether oxygens (including phenoxy) is 2. The summed E-state index contributed by atoms with van der Waals surface area (Å²) in [6, 6.07) is 2.15. The SMILES string of the molecule is F[C@@H]1Oc2cc(Cl)c(Cl)cc2OC1(F)F. The quantitative estimate of drug-likeness (QED) is 0.707. The van der Waals surface area contributed by atoms with Gasteiger partial charge in [-0.15, -0.1) is 0 Å². The predicted octanol–water partition coefficient (Wildman–Crippen LogP) is 3.65. The number of alkyl halides is 3. The van der Waals surface area contributed by atoms with Gasteiger partial charge in [0.1, 0.15) is 0 Å². The Hall–Kier alpha value is -0.810. The van der Waals surface area contributed by atoms with E-state index in [9.17, 15) is 13.2 Å². The number of rotatable bonds is 0. The minimum absolute atomic E-state index is 0.0205. The molecule has 1 aromatic carbocycles. The van der Waals surface area contributed by atoms with Gasteiger partial charge in [0.15, 0.2) is 11.5 Å². The van der Waals surface area contributed by atoms with Crippen LogP contribution in [0.2, 0.25) is 10.0 Å². The third-order valence-corrected chi connectivity index (χ3v) is 2.45. The van der Waals surface area contributed by atoms with E-state index >= 15 is 0 Å².